The van der Waals surface area contributed by atoms with Gasteiger partial charge in [-0.2, -0.15) is 0 Å². The summed E-state index contributed by atoms with van der Waals surface area (Å²) < 4.78 is 0. The number of fused-ring (bicyclic) bond motifs is 1. The predicted octanol–water partition coefficient (Wildman–Crippen LogP) is 4.77. The van der Waals surface area contributed by atoms with Crippen LogP contribution in [0.1, 0.15) is 55.0 Å². The van der Waals surface area contributed by atoms with Gasteiger partial charge in [-0.25, -0.2) is 4.79 Å². The number of carboxylic acids is 1. The summed E-state index contributed by atoms with van der Waals surface area (Å²) in [4.78, 5) is 11.3. The Bertz CT molecular complexity index is 795. The summed E-state index contributed by atoms with van der Waals surface area (Å²) in [5.41, 5.74) is 5.49. The minimum absolute atomic E-state index is 0.324. The Morgan fingerprint density at radius 2 is 2.00 bits per heavy atom. The van der Waals surface area contributed by atoms with Gasteiger partial charge in [-0.15, -0.1) is 0 Å². The highest BCUT2D eigenvalue weighted by atomic mass is 16.4. The van der Waals surface area contributed by atoms with Crippen molar-refractivity contribution >= 4 is 12.0 Å². The monoisotopic (exact) mass is 349 g/mol. The van der Waals surface area contributed by atoms with E-state index in [2.05, 4.69) is 42.6 Å². The van der Waals surface area contributed by atoms with Gasteiger partial charge in [0.15, 0.2) is 0 Å². The fraction of sp³-hybridized carbons (Fsp3) is 0.348. The van der Waals surface area contributed by atoms with E-state index in [0.29, 0.717) is 24.1 Å². The Morgan fingerprint density at radius 3 is 2.69 bits per heavy atom. The number of nitrogens with one attached hydrogen (secondary N) is 1. The molecule has 0 aromatic heterocycles. The molecule has 0 saturated heterocycles. The average Bonchev–Trinajstić information content (AvgIpc) is 2.66. The van der Waals surface area contributed by atoms with E-state index < -0.39 is 5.97 Å². The van der Waals surface area contributed by atoms with Crippen molar-refractivity contribution in [2.24, 2.45) is 0 Å². The van der Waals surface area contributed by atoms with Gasteiger partial charge in [0.2, 0.25) is 0 Å². The van der Waals surface area contributed by atoms with Crippen molar-refractivity contribution in [3.8, 4) is 0 Å². The lowest BCUT2D eigenvalue weighted by atomic mass is 9.84. The lowest BCUT2D eigenvalue weighted by Gasteiger charge is -2.29. The van der Waals surface area contributed by atoms with E-state index >= 15 is 0 Å². The van der Waals surface area contributed by atoms with Crippen LogP contribution in [0.2, 0.25) is 0 Å². The number of hydrogen-bond acceptors (Lipinski definition) is 2. The first-order valence-corrected chi connectivity index (χ1v) is 9.44. The number of aliphatic carboxylic acids is 1. The standard InChI is InChI=1S/C23H27NO2/c1-3-17(23(25)26)14-19-10-7-11-20-15-21(12-13-22(19)20)24-16(2)18-8-5-4-6-9-18/h4-11,14,16,21,24H,3,12-13,15H2,1-2H3,(H,25,26)/t16-,21-/m1/s1. The van der Waals surface area contributed by atoms with E-state index in [9.17, 15) is 9.90 Å². The highest BCUT2D eigenvalue weighted by Crippen LogP contribution is 2.28. The Morgan fingerprint density at radius 1 is 1.23 bits per heavy atom. The highest BCUT2D eigenvalue weighted by Gasteiger charge is 2.22. The largest absolute Gasteiger partial charge is 0.478 e. The topological polar surface area (TPSA) is 49.3 Å². The molecule has 0 unspecified atom stereocenters. The third-order valence-electron chi connectivity index (χ3n) is 5.29. The molecule has 3 heteroatoms. The van der Waals surface area contributed by atoms with Gasteiger partial charge < -0.3 is 10.4 Å². The minimum Gasteiger partial charge on any atom is -0.478 e. The molecule has 2 N–H and O–H groups in total. The number of carboxylic acid groups (broad SMARTS) is 1. The van der Waals surface area contributed by atoms with E-state index in [-0.39, 0.29) is 0 Å². The molecule has 0 aliphatic heterocycles. The van der Waals surface area contributed by atoms with E-state index in [1.807, 2.05) is 31.2 Å². The number of carbonyl (C=O) groups is 1. The first-order chi connectivity index (χ1) is 12.6. The average molecular weight is 349 g/mol. The molecule has 0 spiro atoms. The molecule has 3 nitrogen and oxygen atoms in total. The Labute approximate surface area is 155 Å². The maximum atomic E-state index is 11.3. The van der Waals surface area contributed by atoms with Crippen LogP contribution < -0.4 is 5.32 Å². The molecule has 1 aliphatic rings. The van der Waals surface area contributed by atoms with E-state index in [1.54, 1.807) is 0 Å². The molecule has 2 atom stereocenters. The highest BCUT2D eigenvalue weighted by molar-refractivity contribution is 5.92. The summed E-state index contributed by atoms with van der Waals surface area (Å²) in [5, 5.41) is 13.1. The van der Waals surface area contributed by atoms with Crippen LogP contribution in [0.4, 0.5) is 0 Å². The molecule has 3 rings (SSSR count). The first-order valence-electron chi connectivity index (χ1n) is 9.44. The van der Waals surface area contributed by atoms with Crippen molar-refractivity contribution < 1.29 is 9.90 Å². The maximum absolute atomic E-state index is 11.3. The molecule has 1 aliphatic carbocycles. The zero-order valence-corrected chi connectivity index (χ0v) is 15.5. The molecule has 0 saturated carbocycles. The van der Waals surface area contributed by atoms with Gasteiger partial charge in [0, 0.05) is 17.7 Å². The number of rotatable bonds is 6. The fourth-order valence-corrected chi connectivity index (χ4v) is 3.81. The SMILES string of the molecule is CCC(=Cc1cccc2c1CC[C@@H](N[C@H](C)c1ccccc1)C2)C(=O)O. The summed E-state index contributed by atoms with van der Waals surface area (Å²) >= 11 is 0. The number of benzene rings is 2. The molecule has 2 aromatic rings. The number of hydrogen-bond donors (Lipinski definition) is 2. The first kappa shape index (κ1) is 18.4. The van der Waals surface area contributed by atoms with E-state index in [1.165, 1.54) is 16.7 Å². The minimum atomic E-state index is -0.822. The van der Waals surface area contributed by atoms with Crippen LogP contribution in [-0.4, -0.2) is 17.1 Å². The lowest BCUT2D eigenvalue weighted by Crippen LogP contribution is -2.36. The van der Waals surface area contributed by atoms with Crippen LogP contribution in [0.15, 0.2) is 54.1 Å². The molecule has 0 amide bonds. The molecule has 136 valence electrons. The van der Waals surface area contributed by atoms with Gasteiger partial charge in [0.1, 0.15) is 0 Å². The second kappa shape index (κ2) is 8.33. The van der Waals surface area contributed by atoms with Crippen LogP contribution in [0.5, 0.6) is 0 Å². The second-order valence-corrected chi connectivity index (χ2v) is 7.05. The van der Waals surface area contributed by atoms with Crippen molar-refractivity contribution in [3.63, 3.8) is 0 Å². The van der Waals surface area contributed by atoms with Gasteiger partial charge in [-0.05, 0) is 60.9 Å². The zero-order valence-electron chi connectivity index (χ0n) is 15.5. The molecular weight excluding hydrogens is 322 g/mol. The van der Waals surface area contributed by atoms with Crippen LogP contribution >= 0.6 is 0 Å². The van der Waals surface area contributed by atoms with Crippen LogP contribution in [-0.2, 0) is 17.6 Å². The molecule has 0 fully saturated rings. The normalized spacial score (nSPS) is 18.2. The van der Waals surface area contributed by atoms with Crippen LogP contribution in [0, 0.1) is 0 Å². The van der Waals surface area contributed by atoms with Gasteiger partial charge >= 0.3 is 5.97 Å². The lowest BCUT2D eigenvalue weighted by molar-refractivity contribution is -0.132. The summed E-state index contributed by atoms with van der Waals surface area (Å²) in [6.07, 6.45) is 5.43. The molecule has 0 bridgehead atoms. The summed E-state index contributed by atoms with van der Waals surface area (Å²) in [5.74, 6) is -0.822. The Hall–Kier alpha value is -2.39. The molecule has 26 heavy (non-hydrogen) atoms. The van der Waals surface area contributed by atoms with Gasteiger partial charge in [-0.1, -0.05) is 55.5 Å². The summed E-state index contributed by atoms with van der Waals surface area (Å²) in [6, 6.07) is 17.6. The quantitative estimate of drug-likeness (QED) is 0.738. The fourth-order valence-electron chi connectivity index (χ4n) is 3.81. The third-order valence-corrected chi connectivity index (χ3v) is 5.29. The van der Waals surface area contributed by atoms with Gasteiger partial charge in [0.25, 0.3) is 0 Å². The third kappa shape index (κ3) is 4.23. The van der Waals surface area contributed by atoms with Crippen molar-refractivity contribution in [2.45, 2.75) is 51.6 Å². The smallest absolute Gasteiger partial charge is 0.331 e. The van der Waals surface area contributed by atoms with Gasteiger partial charge in [0.05, 0.1) is 0 Å². The Kier molecular flexibility index (Phi) is 5.89. The second-order valence-electron chi connectivity index (χ2n) is 7.05. The maximum Gasteiger partial charge on any atom is 0.331 e. The summed E-state index contributed by atoms with van der Waals surface area (Å²) in [7, 11) is 0. The Balaban J connectivity index is 1.75. The van der Waals surface area contributed by atoms with Crippen molar-refractivity contribution in [2.75, 3.05) is 0 Å². The van der Waals surface area contributed by atoms with Crippen LogP contribution in [0.25, 0.3) is 6.08 Å². The van der Waals surface area contributed by atoms with Crippen LogP contribution in [0.3, 0.4) is 0 Å². The molecule has 0 radical (unpaired) electrons. The van der Waals surface area contributed by atoms with Crippen molar-refractivity contribution in [1.82, 2.24) is 5.32 Å². The summed E-state index contributed by atoms with van der Waals surface area (Å²) in [6.45, 7) is 4.10. The van der Waals surface area contributed by atoms with E-state index in [0.717, 1.165) is 24.8 Å². The predicted molar refractivity (Wildman–Crippen MR) is 106 cm³/mol. The van der Waals surface area contributed by atoms with Gasteiger partial charge in [-0.3, -0.25) is 0 Å². The van der Waals surface area contributed by atoms with Crippen molar-refractivity contribution in [1.29, 1.82) is 0 Å². The van der Waals surface area contributed by atoms with E-state index in [4.69, 9.17) is 0 Å². The zero-order chi connectivity index (χ0) is 18.5. The molecule has 2 aromatic carbocycles. The van der Waals surface area contributed by atoms with Crippen molar-refractivity contribution in [3.05, 3.63) is 76.4 Å². The molecular formula is C23H27NO2. The molecule has 0 heterocycles.